The van der Waals surface area contributed by atoms with Crippen molar-refractivity contribution < 1.29 is 22.7 Å². The van der Waals surface area contributed by atoms with Gasteiger partial charge < -0.3 is 9.64 Å². The number of hydrogen-bond acceptors (Lipinski definition) is 2. The third-order valence-electron chi connectivity index (χ3n) is 4.33. The van der Waals surface area contributed by atoms with Crippen LogP contribution in [0.2, 0.25) is 0 Å². The van der Waals surface area contributed by atoms with Crippen LogP contribution in [0.4, 0.5) is 13.2 Å². The van der Waals surface area contributed by atoms with Gasteiger partial charge in [0.1, 0.15) is 0 Å². The molecule has 120 valence electrons. The first-order valence-corrected chi connectivity index (χ1v) is 7.44. The van der Waals surface area contributed by atoms with Crippen molar-refractivity contribution in [2.24, 2.45) is 5.92 Å². The number of benzene rings is 1. The molecule has 3 atom stereocenters. The highest BCUT2D eigenvalue weighted by molar-refractivity contribution is 5.83. The van der Waals surface area contributed by atoms with E-state index in [0.29, 0.717) is 19.7 Å². The third-order valence-corrected chi connectivity index (χ3v) is 4.33. The van der Waals surface area contributed by atoms with Crippen LogP contribution in [-0.2, 0) is 15.7 Å². The molecule has 3 unspecified atom stereocenters. The number of carbonyl (C=O) groups is 1. The average Bonchev–Trinajstić information content (AvgIpc) is 3.26. The van der Waals surface area contributed by atoms with Gasteiger partial charge in [-0.05, 0) is 37.0 Å². The van der Waals surface area contributed by atoms with Crippen molar-refractivity contribution in [2.45, 2.75) is 31.5 Å². The zero-order valence-corrected chi connectivity index (χ0v) is 12.3. The molecule has 0 aromatic heterocycles. The van der Waals surface area contributed by atoms with Crippen molar-refractivity contribution in [3.05, 3.63) is 35.4 Å². The smallest absolute Gasteiger partial charge is 0.375 e. The maximum atomic E-state index is 12.5. The standard InChI is InChI=1S/C16H18F3NO2/c1-10-9-20(6-7-22-10)15(21)14-8-13(14)11-2-4-12(5-3-11)16(17,18)19/h2-5,10,13-14H,6-9H2,1H3. The van der Waals surface area contributed by atoms with Crippen LogP contribution in [0.15, 0.2) is 24.3 Å². The fraction of sp³-hybridized carbons (Fsp3) is 0.562. The van der Waals surface area contributed by atoms with Gasteiger partial charge in [0.15, 0.2) is 0 Å². The van der Waals surface area contributed by atoms with Crippen LogP contribution in [0.5, 0.6) is 0 Å². The highest BCUT2D eigenvalue weighted by atomic mass is 19.4. The molecule has 1 amide bonds. The lowest BCUT2D eigenvalue weighted by atomic mass is 10.1. The predicted molar refractivity (Wildman–Crippen MR) is 74.3 cm³/mol. The van der Waals surface area contributed by atoms with Gasteiger partial charge in [0.25, 0.3) is 0 Å². The van der Waals surface area contributed by atoms with Gasteiger partial charge in [-0.1, -0.05) is 12.1 Å². The second-order valence-electron chi connectivity index (χ2n) is 6.03. The second kappa shape index (κ2) is 5.57. The quantitative estimate of drug-likeness (QED) is 0.840. The van der Waals surface area contributed by atoms with Crippen molar-refractivity contribution in [3.8, 4) is 0 Å². The maximum Gasteiger partial charge on any atom is 0.416 e. The van der Waals surface area contributed by atoms with Gasteiger partial charge in [0, 0.05) is 19.0 Å². The first-order chi connectivity index (χ1) is 10.4. The summed E-state index contributed by atoms with van der Waals surface area (Å²) in [6, 6.07) is 5.16. The van der Waals surface area contributed by atoms with E-state index in [4.69, 9.17) is 4.74 Å². The van der Waals surface area contributed by atoms with Gasteiger partial charge in [-0.15, -0.1) is 0 Å². The highest BCUT2D eigenvalue weighted by Gasteiger charge is 2.46. The number of ether oxygens (including phenoxy) is 1. The number of alkyl halides is 3. The van der Waals surface area contributed by atoms with E-state index in [1.807, 2.05) is 11.8 Å². The van der Waals surface area contributed by atoms with Crippen LogP contribution in [0.1, 0.15) is 30.4 Å². The molecule has 1 aromatic rings. The van der Waals surface area contributed by atoms with E-state index in [2.05, 4.69) is 0 Å². The Kier molecular flexibility index (Phi) is 3.89. The lowest BCUT2D eigenvalue weighted by Gasteiger charge is -2.31. The van der Waals surface area contributed by atoms with E-state index in [0.717, 1.165) is 24.1 Å². The molecule has 1 saturated carbocycles. The average molecular weight is 313 g/mol. The van der Waals surface area contributed by atoms with Crippen LogP contribution in [0, 0.1) is 5.92 Å². The number of carbonyl (C=O) groups excluding carboxylic acids is 1. The molecule has 1 aliphatic heterocycles. The van der Waals surface area contributed by atoms with E-state index >= 15 is 0 Å². The summed E-state index contributed by atoms with van der Waals surface area (Å²) in [5, 5.41) is 0. The molecule has 0 spiro atoms. The van der Waals surface area contributed by atoms with Crippen LogP contribution in [0.25, 0.3) is 0 Å². The van der Waals surface area contributed by atoms with E-state index in [-0.39, 0.29) is 23.8 Å². The molecule has 3 rings (SSSR count). The summed E-state index contributed by atoms with van der Waals surface area (Å²) in [6.45, 7) is 3.67. The van der Waals surface area contributed by atoms with E-state index in [1.54, 1.807) is 0 Å². The van der Waals surface area contributed by atoms with E-state index < -0.39 is 11.7 Å². The summed E-state index contributed by atoms with van der Waals surface area (Å²) in [4.78, 5) is 14.2. The van der Waals surface area contributed by atoms with E-state index in [1.165, 1.54) is 12.1 Å². The van der Waals surface area contributed by atoms with Gasteiger partial charge >= 0.3 is 6.18 Å². The first kappa shape index (κ1) is 15.3. The number of rotatable bonds is 2. The molecule has 22 heavy (non-hydrogen) atoms. The minimum Gasteiger partial charge on any atom is -0.375 e. The molecule has 1 aliphatic carbocycles. The Balaban J connectivity index is 1.63. The number of amides is 1. The fourth-order valence-corrected chi connectivity index (χ4v) is 3.01. The molecule has 2 fully saturated rings. The predicted octanol–water partition coefficient (Wildman–Crippen LogP) is 3.06. The third kappa shape index (κ3) is 3.11. The highest BCUT2D eigenvalue weighted by Crippen LogP contribution is 2.49. The fourth-order valence-electron chi connectivity index (χ4n) is 3.01. The molecule has 3 nitrogen and oxygen atoms in total. The Bertz CT molecular complexity index is 556. The van der Waals surface area contributed by atoms with Crippen molar-refractivity contribution in [3.63, 3.8) is 0 Å². The molecule has 6 heteroatoms. The van der Waals surface area contributed by atoms with Crippen molar-refractivity contribution in [2.75, 3.05) is 19.7 Å². The Labute approximate surface area is 127 Å². The summed E-state index contributed by atoms with van der Waals surface area (Å²) in [5.74, 6) is 0.0509. The Morgan fingerprint density at radius 3 is 2.55 bits per heavy atom. The van der Waals surface area contributed by atoms with Gasteiger partial charge in [-0.2, -0.15) is 13.2 Å². The lowest BCUT2D eigenvalue weighted by Crippen LogP contribution is -2.45. The van der Waals surface area contributed by atoms with E-state index in [9.17, 15) is 18.0 Å². The number of hydrogen-bond donors (Lipinski definition) is 0. The topological polar surface area (TPSA) is 29.5 Å². The van der Waals surface area contributed by atoms with Crippen molar-refractivity contribution in [1.29, 1.82) is 0 Å². The van der Waals surface area contributed by atoms with Crippen LogP contribution in [0.3, 0.4) is 0 Å². The molecule has 1 heterocycles. The largest absolute Gasteiger partial charge is 0.416 e. The van der Waals surface area contributed by atoms with Gasteiger partial charge in [-0.3, -0.25) is 4.79 Å². The maximum absolute atomic E-state index is 12.5. The summed E-state index contributed by atoms with van der Waals surface area (Å²) in [5.41, 5.74) is 0.162. The van der Waals surface area contributed by atoms with Gasteiger partial charge in [0.05, 0.1) is 18.3 Å². The molecule has 0 N–H and O–H groups in total. The first-order valence-electron chi connectivity index (χ1n) is 7.44. The summed E-state index contributed by atoms with van der Waals surface area (Å²) in [6.07, 6.45) is -3.56. The molecule has 0 bridgehead atoms. The lowest BCUT2D eigenvalue weighted by molar-refractivity contribution is -0.139. The zero-order valence-electron chi connectivity index (χ0n) is 12.3. The second-order valence-corrected chi connectivity index (χ2v) is 6.03. The molecular weight excluding hydrogens is 295 g/mol. The molecule has 1 aromatic carbocycles. The Morgan fingerprint density at radius 1 is 1.27 bits per heavy atom. The molecule has 2 aliphatic rings. The number of nitrogens with zero attached hydrogens (tertiary/aromatic N) is 1. The SMILES string of the molecule is CC1CN(C(=O)C2CC2c2ccc(C(F)(F)F)cc2)CCO1. The van der Waals surface area contributed by atoms with Crippen molar-refractivity contribution >= 4 is 5.91 Å². The van der Waals surface area contributed by atoms with Crippen molar-refractivity contribution in [1.82, 2.24) is 4.90 Å². The van der Waals surface area contributed by atoms with Crippen LogP contribution >= 0.6 is 0 Å². The van der Waals surface area contributed by atoms with Gasteiger partial charge in [-0.25, -0.2) is 0 Å². The monoisotopic (exact) mass is 313 g/mol. The normalized spacial score (nSPS) is 28.5. The minimum atomic E-state index is -4.32. The summed E-state index contributed by atoms with van der Waals surface area (Å²) < 4.78 is 43.1. The molecular formula is C16H18F3NO2. The summed E-state index contributed by atoms with van der Waals surface area (Å²) >= 11 is 0. The minimum absolute atomic E-state index is 0.0426. The molecule has 1 saturated heterocycles. The Hall–Kier alpha value is -1.56. The number of halogens is 3. The van der Waals surface area contributed by atoms with Gasteiger partial charge in [0.2, 0.25) is 5.91 Å². The van der Waals surface area contributed by atoms with Crippen LogP contribution in [-0.4, -0.2) is 36.6 Å². The summed E-state index contributed by atoms with van der Waals surface area (Å²) in [7, 11) is 0. The van der Waals surface area contributed by atoms with Crippen LogP contribution < -0.4 is 0 Å². The zero-order chi connectivity index (χ0) is 15.9. The molecule has 0 radical (unpaired) electrons. The Morgan fingerprint density at radius 2 is 1.95 bits per heavy atom. The number of morpholine rings is 1.